The number of benzene rings is 2. The van der Waals surface area contributed by atoms with Crippen LogP contribution in [0, 0.1) is 35.3 Å². The number of aryl methyl sites for hydroxylation is 1. The number of carbonyl (C=O) groups excluding carboxylic acids is 1. The van der Waals surface area contributed by atoms with Crippen molar-refractivity contribution < 1.29 is 14.5 Å². The third-order valence-corrected chi connectivity index (χ3v) is 5.38. The van der Waals surface area contributed by atoms with Gasteiger partial charge in [-0.2, -0.15) is 5.26 Å². The Morgan fingerprint density at radius 2 is 1.91 bits per heavy atom. The standard InChI is InChI=1S/C23H19BrN4O4/c1-14-10-16(11-17(13-25)23(29)26-19-6-4-18(24)5-7-19)15(2)27(14)21-12-20(28(30)31)8-9-22(21)32-3/h4-12H,1-3H3,(H,26,29)/b17-11-. The summed E-state index contributed by atoms with van der Waals surface area (Å²) in [5.74, 6) is -0.0750. The van der Waals surface area contributed by atoms with Crippen molar-refractivity contribution in [1.82, 2.24) is 4.57 Å². The van der Waals surface area contributed by atoms with E-state index in [2.05, 4.69) is 21.2 Å². The second-order valence-corrected chi connectivity index (χ2v) is 7.82. The van der Waals surface area contributed by atoms with Gasteiger partial charge in [0.05, 0.1) is 17.7 Å². The van der Waals surface area contributed by atoms with Crippen LogP contribution in [0.15, 0.2) is 58.6 Å². The lowest BCUT2D eigenvalue weighted by Crippen LogP contribution is -2.13. The highest BCUT2D eigenvalue weighted by atomic mass is 79.9. The van der Waals surface area contributed by atoms with Gasteiger partial charge in [0, 0.05) is 33.7 Å². The molecule has 1 N–H and O–H groups in total. The zero-order valence-electron chi connectivity index (χ0n) is 17.5. The number of anilines is 1. The van der Waals surface area contributed by atoms with Gasteiger partial charge in [0.25, 0.3) is 11.6 Å². The number of hydrogen-bond acceptors (Lipinski definition) is 5. The maximum Gasteiger partial charge on any atom is 0.271 e. The van der Waals surface area contributed by atoms with Gasteiger partial charge in [-0.1, -0.05) is 15.9 Å². The molecule has 1 heterocycles. The van der Waals surface area contributed by atoms with Crippen molar-refractivity contribution in [2.75, 3.05) is 12.4 Å². The van der Waals surface area contributed by atoms with Gasteiger partial charge in [0.15, 0.2) is 0 Å². The molecule has 3 aromatic rings. The Balaban J connectivity index is 2.01. The van der Waals surface area contributed by atoms with E-state index < -0.39 is 10.8 Å². The molecule has 8 nitrogen and oxygen atoms in total. The number of nitrogens with one attached hydrogen (secondary N) is 1. The fourth-order valence-electron chi connectivity index (χ4n) is 3.31. The predicted octanol–water partition coefficient (Wildman–Crippen LogP) is 5.32. The van der Waals surface area contributed by atoms with Gasteiger partial charge in [-0.05, 0) is 61.9 Å². The smallest absolute Gasteiger partial charge is 0.271 e. The number of nitriles is 1. The van der Waals surface area contributed by atoms with Crippen molar-refractivity contribution in [2.45, 2.75) is 13.8 Å². The summed E-state index contributed by atoms with van der Waals surface area (Å²) in [5.41, 5.74) is 3.01. The van der Waals surface area contributed by atoms with Gasteiger partial charge in [-0.25, -0.2) is 0 Å². The third kappa shape index (κ3) is 4.71. The van der Waals surface area contributed by atoms with E-state index in [9.17, 15) is 20.2 Å². The normalized spacial score (nSPS) is 11.0. The highest BCUT2D eigenvalue weighted by Crippen LogP contribution is 2.32. The lowest BCUT2D eigenvalue weighted by atomic mass is 10.1. The largest absolute Gasteiger partial charge is 0.495 e. The monoisotopic (exact) mass is 494 g/mol. The van der Waals surface area contributed by atoms with Crippen LogP contribution >= 0.6 is 15.9 Å². The summed E-state index contributed by atoms with van der Waals surface area (Å²) in [4.78, 5) is 23.4. The average molecular weight is 495 g/mol. The second kappa shape index (κ2) is 9.49. The van der Waals surface area contributed by atoms with E-state index in [0.29, 0.717) is 28.4 Å². The SMILES string of the molecule is COc1ccc([N+](=O)[O-])cc1-n1c(C)cc(/C=C(/C#N)C(=O)Nc2ccc(Br)cc2)c1C. The number of carbonyl (C=O) groups is 1. The molecule has 0 saturated heterocycles. The number of nitrogens with zero attached hydrogens (tertiary/aromatic N) is 3. The highest BCUT2D eigenvalue weighted by Gasteiger charge is 2.18. The molecule has 3 rings (SSSR count). The molecule has 0 aliphatic carbocycles. The number of ether oxygens (including phenoxy) is 1. The van der Waals surface area contributed by atoms with Crippen molar-refractivity contribution >= 4 is 39.3 Å². The van der Waals surface area contributed by atoms with Crippen LogP contribution in [0.5, 0.6) is 5.75 Å². The van der Waals surface area contributed by atoms with E-state index >= 15 is 0 Å². The fourth-order valence-corrected chi connectivity index (χ4v) is 3.57. The van der Waals surface area contributed by atoms with Crippen LogP contribution in [0.4, 0.5) is 11.4 Å². The molecule has 2 aromatic carbocycles. The lowest BCUT2D eigenvalue weighted by Gasteiger charge is -2.14. The molecule has 9 heteroatoms. The zero-order chi connectivity index (χ0) is 23.4. The number of amides is 1. The van der Waals surface area contributed by atoms with Gasteiger partial charge < -0.3 is 14.6 Å². The number of nitro groups is 1. The topological polar surface area (TPSA) is 110 Å². The predicted molar refractivity (Wildman–Crippen MR) is 125 cm³/mol. The molecule has 162 valence electrons. The van der Waals surface area contributed by atoms with Crippen molar-refractivity contribution in [1.29, 1.82) is 5.26 Å². The van der Waals surface area contributed by atoms with Gasteiger partial charge >= 0.3 is 0 Å². The van der Waals surface area contributed by atoms with E-state index in [1.54, 1.807) is 41.8 Å². The molecule has 1 aromatic heterocycles. The average Bonchev–Trinajstić information content (AvgIpc) is 3.05. The summed E-state index contributed by atoms with van der Waals surface area (Å²) in [6.07, 6.45) is 1.50. The highest BCUT2D eigenvalue weighted by molar-refractivity contribution is 9.10. The second-order valence-electron chi connectivity index (χ2n) is 6.91. The fraction of sp³-hybridized carbons (Fsp3) is 0.130. The number of halogens is 1. The minimum absolute atomic E-state index is 0.0702. The number of rotatable bonds is 6. The van der Waals surface area contributed by atoms with Crippen LogP contribution in [0.25, 0.3) is 11.8 Å². The molecule has 0 unspecified atom stereocenters. The first-order valence-electron chi connectivity index (χ1n) is 9.45. The first kappa shape index (κ1) is 22.8. The Labute approximate surface area is 193 Å². The summed E-state index contributed by atoms with van der Waals surface area (Å²) in [7, 11) is 1.49. The van der Waals surface area contributed by atoms with Gasteiger partial charge in [0.2, 0.25) is 0 Å². The Morgan fingerprint density at radius 1 is 1.22 bits per heavy atom. The third-order valence-electron chi connectivity index (χ3n) is 4.85. The number of nitro benzene ring substituents is 1. The molecular formula is C23H19BrN4O4. The zero-order valence-corrected chi connectivity index (χ0v) is 19.1. The van der Waals surface area contributed by atoms with E-state index in [-0.39, 0.29) is 11.3 Å². The summed E-state index contributed by atoms with van der Waals surface area (Å²) in [6.45, 7) is 3.63. The minimum atomic E-state index is -0.535. The molecule has 0 aliphatic rings. The Bertz CT molecular complexity index is 1270. The molecule has 0 saturated carbocycles. The van der Waals surface area contributed by atoms with Crippen molar-refractivity contribution in [3.8, 4) is 17.5 Å². The molecule has 0 fully saturated rings. The van der Waals surface area contributed by atoms with E-state index in [4.69, 9.17) is 4.74 Å². The Morgan fingerprint density at radius 3 is 2.50 bits per heavy atom. The van der Waals surface area contributed by atoms with Crippen LogP contribution in [0.3, 0.4) is 0 Å². The molecular weight excluding hydrogens is 476 g/mol. The number of non-ortho nitro benzene ring substituents is 1. The van der Waals surface area contributed by atoms with Crippen LogP contribution < -0.4 is 10.1 Å². The van der Waals surface area contributed by atoms with Crippen molar-refractivity contribution in [3.05, 3.63) is 85.6 Å². The molecule has 0 aliphatic heterocycles. The maximum absolute atomic E-state index is 12.6. The molecule has 32 heavy (non-hydrogen) atoms. The molecule has 0 atom stereocenters. The minimum Gasteiger partial charge on any atom is -0.495 e. The van der Waals surface area contributed by atoms with Gasteiger partial charge in [0.1, 0.15) is 17.4 Å². The van der Waals surface area contributed by atoms with E-state index in [1.807, 2.05) is 13.0 Å². The van der Waals surface area contributed by atoms with Gasteiger partial charge in [-0.3, -0.25) is 14.9 Å². The Kier molecular flexibility index (Phi) is 6.76. The number of aromatic nitrogens is 1. The molecule has 0 spiro atoms. The summed E-state index contributed by atoms with van der Waals surface area (Å²) >= 11 is 3.33. The van der Waals surface area contributed by atoms with Crippen LogP contribution in [-0.2, 0) is 4.79 Å². The first-order chi connectivity index (χ1) is 15.2. The quantitative estimate of drug-likeness (QED) is 0.215. The number of hydrogen-bond donors (Lipinski definition) is 1. The van der Waals surface area contributed by atoms with E-state index in [0.717, 1.165) is 10.2 Å². The molecule has 0 radical (unpaired) electrons. The first-order valence-corrected chi connectivity index (χ1v) is 10.2. The van der Waals surface area contributed by atoms with Crippen molar-refractivity contribution in [3.63, 3.8) is 0 Å². The van der Waals surface area contributed by atoms with Crippen LogP contribution in [0.1, 0.15) is 17.0 Å². The number of methoxy groups -OCH3 is 1. The summed E-state index contributed by atoms with van der Waals surface area (Å²) in [6, 6.07) is 15.1. The maximum atomic E-state index is 12.6. The summed E-state index contributed by atoms with van der Waals surface area (Å²) < 4.78 is 8.05. The van der Waals surface area contributed by atoms with E-state index in [1.165, 1.54) is 31.4 Å². The van der Waals surface area contributed by atoms with Crippen LogP contribution in [-0.4, -0.2) is 22.5 Å². The van der Waals surface area contributed by atoms with Gasteiger partial charge in [-0.15, -0.1) is 0 Å². The Hall–Kier alpha value is -3.90. The van der Waals surface area contributed by atoms with Crippen molar-refractivity contribution in [2.24, 2.45) is 0 Å². The summed E-state index contributed by atoms with van der Waals surface area (Å²) in [5, 5.41) is 23.5. The lowest BCUT2D eigenvalue weighted by molar-refractivity contribution is -0.384. The molecule has 0 bridgehead atoms. The van der Waals surface area contributed by atoms with Crippen LogP contribution in [0.2, 0.25) is 0 Å². The molecule has 1 amide bonds.